The smallest absolute Gasteiger partial charge is 0.221 e. The number of nitrogens with one attached hydrogen (secondary N) is 1. The molecule has 2 aromatic rings. The molecule has 27 heavy (non-hydrogen) atoms. The van der Waals surface area contributed by atoms with Gasteiger partial charge in [-0.15, -0.1) is 0 Å². The van der Waals surface area contributed by atoms with Gasteiger partial charge in [-0.1, -0.05) is 30.3 Å². The number of methoxy groups -OCH3 is 1. The van der Waals surface area contributed by atoms with E-state index in [4.69, 9.17) is 9.47 Å². The Morgan fingerprint density at radius 2 is 1.67 bits per heavy atom. The van der Waals surface area contributed by atoms with Crippen LogP contribution in [0.15, 0.2) is 54.6 Å². The van der Waals surface area contributed by atoms with Crippen LogP contribution in [0.25, 0.3) is 0 Å². The molecular formula is C21H26N2O4. The molecule has 0 fully saturated rings. The van der Waals surface area contributed by atoms with Crippen molar-refractivity contribution in [2.24, 2.45) is 0 Å². The molecule has 2 rings (SSSR count). The molecule has 0 saturated carbocycles. The first kappa shape index (κ1) is 20.3. The number of benzene rings is 2. The summed E-state index contributed by atoms with van der Waals surface area (Å²) in [6.45, 7) is 3.19. The lowest BCUT2D eigenvalue weighted by atomic mass is 10.2. The standard InChI is InChI=1S/C21H26N2O4/c1-17(24)23(16-18-6-4-3-5-7-18)14-12-21(25)22-13-15-27-20-10-8-19(26-2)9-11-20/h3-11H,12-16H2,1-2H3,(H,22,25). The van der Waals surface area contributed by atoms with Gasteiger partial charge in [0.1, 0.15) is 18.1 Å². The van der Waals surface area contributed by atoms with Gasteiger partial charge in [0.2, 0.25) is 11.8 Å². The highest BCUT2D eigenvalue weighted by atomic mass is 16.5. The number of carbonyl (C=O) groups is 2. The molecule has 0 aromatic heterocycles. The lowest BCUT2D eigenvalue weighted by molar-refractivity contribution is -0.130. The number of amides is 2. The number of nitrogens with zero attached hydrogens (tertiary/aromatic N) is 1. The van der Waals surface area contributed by atoms with Gasteiger partial charge in [0.05, 0.1) is 13.7 Å². The predicted molar refractivity (Wildman–Crippen MR) is 104 cm³/mol. The van der Waals surface area contributed by atoms with Gasteiger partial charge in [0.25, 0.3) is 0 Å². The summed E-state index contributed by atoms with van der Waals surface area (Å²) in [4.78, 5) is 25.5. The molecule has 6 nitrogen and oxygen atoms in total. The van der Waals surface area contributed by atoms with Crippen LogP contribution in [0, 0.1) is 0 Å². The summed E-state index contributed by atoms with van der Waals surface area (Å²) >= 11 is 0. The van der Waals surface area contributed by atoms with Crippen LogP contribution in [0.4, 0.5) is 0 Å². The van der Waals surface area contributed by atoms with Crippen molar-refractivity contribution in [1.29, 1.82) is 0 Å². The highest BCUT2D eigenvalue weighted by molar-refractivity contribution is 5.78. The van der Waals surface area contributed by atoms with Crippen molar-refractivity contribution in [2.45, 2.75) is 19.9 Å². The highest BCUT2D eigenvalue weighted by Crippen LogP contribution is 2.16. The normalized spacial score (nSPS) is 10.1. The summed E-state index contributed by atoms with van der Waals surface area (Å²) in [7, 11) is 1.61. The zero-order chi connectivity index (χ0) is 19.5. The third-order valence-electron chi connectivity index (χ3n) is 4.02. The van der Waals surface area contributed by atoms with Gasteiger partial charge >= 0.3 is 0 Å². The Morgan fingerprint density at radius 1 is 1.00 bits per heavy atom. The van der Waals surface area contributed by atoms with Gasteiger partial charge in [0.15, 0.2) is 0 Å². The molecule has 0 aliphatic rings. The summed E-state index contributed by atoms with van der Waals surface area (Å²) in [6.07, 6.45) is 0.259. The minimum Gasteiger partial charge on any atom is -0.497 e. The summed E-state index contributed by atoms with van der Waals surface area (Å²) in [5.74, 6) is 1.33. The van der Waals surface area contributed by atoms with Gasteiger partial charge in [-0.05, 0) is 29.8 Å². The second-order valence-corrected chi connectivity index (χ2v) is 6.05. The van der Waals surface area contributed by atoms with E-state index in [2.05, 4.69) is 5.32 Å². The molecule has 144 valence electrons. The Hall–Kier alpha value is -3.02. The predicted octanol–water partition coefficient (Wildman–Crippen LogP) is 2.63. The van der Waals surface area contributed by atoms with Gasteiger partial charge < -0.3 is 19.7 Å². The maximum atomic E-state index is 12.0. The summed E-state index contributed by atoms with van der Waals surface area (Å²) in [6, 6.07) is 17.0. The number of carbonyl (C=O) groups excluding carboxylic acids is 2. The Labute approximate surface area is 160 Å². The molecule has 0 unspecified atom stereocenters. The van der Waals surface area contributed by atoms with E-state index < -0.39 is 0 Å². The first-order valence-corrected chi connectivity index (χ1v) is 8.91. The Bertz CT molecular complexity index is 717. The molecular weight excluding hydrogens is 344 g/mol. The molecule has 0 spiro atoms. The monoisotopic (exact) mass is 370 g/mol. The average Bonchev–Trinajstić information content (AvgIpc) is 2.69. The van der Waals surface area contributed by atoms with Crippen molar-refractivity contribution in [3.63, 3.8) is 0 Å². The third kappa shape index (κ3) is 7.40. The fourth-order valence-electron chi connectivity index (χ4n) is 2.51. The Balaban J connectivity index is 1.67. The fourth-order valence-corrected chi connectivity index (χ4v) is 2.51. The zero-order valence-corrected chi connectivity index (χ0v) is 15.8. The SMILES string of the molecule is COc1ccc(OCCNC(=O)CCN(Cc2ccccc2)C(C)=O)cc1. The van der Waals surface area contributed by atoms with E-state index in [9.17, 15) is 9.59 Å². The van der Waals surface area contributed by atoms with Crippen LogP contribution < -0.4 is 14.8 Å². The fraction of sp³-hybridized carbons (Fsp3) is 0.333. The van der Waals surface area contributed by atoms with Gasteiger partial charge in [-0.25, -0.2) is 0 Å². The van der Waals surface area contributed by atoms with Gasteiger partial charge in [-0.2, -0.15) is 0 Å². The minimum absolute atomic E-state index is 0.0468. The van der Waals surface area contributed by atoms with Crippen molar-refractivity contribution >= 4 is 11.8 Å². The Kier molecular flexibility index (Phi) is 8.16. The second-order valence-electron chi connectivity index (χ2n) is 6.05. The average molecular weight is 370 g/mol. The first-order chi connectivity index (χ1) is 13.1. The number of ether oxygens (including phenoxy) is 2. The highest BCUT2D eigenvalue weighted by Gasteiger charge is 2.11. The molecule has 0 saturated heterocycles. The van der Waals surface area contributed by atoms with Crippen LogP contribution in [-0.2, 0) is 16.1 Å². The van der Waals surface area contributed by atoms with Crippen molar-refractivity contribution in [2.75, 3.05) is 26.8 Å². The van der Waals surface area contributed by atoms with E-state index in [1.54, 1.807) is 12.0 Å². The number of hydrogen-bond acceptors (Lipinski definition) is 4. The van der Waals surface area contributed by atoms with Crippen molar-refractivity contribution < 1.29 is 19.1 Å². The van der Waals surface area contributed by atoms with E-state index in [1.807, 2.05) is 54.6 Å². The maximum absolute atomic E-state index is 12.0. The van der Waals surface area contributed by atoms with Gasteiger partial charge in [0, 0.05) is 26.4 Å². The second kappa shape index (κ2) is 10.9. The van der Waals surface area contributed by atoms with Crippen LogP contribution in [0.5, 0.6) is 11.5 Å². The van der Waals surface area contributed by atoms with Crippen molar-refractivity contribution in [1.82, 2.24) is 10.2 Å². The summed E-state index contributed by atoms with van der Waals surface area (Å²) < 4.78 is 10.7. The molecule has 1 N–H and O–H groups in total. The summed E-state index contributed by atoms with van der Waals surface area (Å²) in [5.41, 5.74) is 1.04. The maximum Gasteiger partial charge on any atom is 0.221 e. The van der Waals surface area contributed by atoms with Crippen molar-refractivity contribution in [3.05, 3.63) is 60.2 Å². The molecule has 0 atom stereocenters. The van der Waals surface area contributed by atoms with Crippen molar-refractivity contribution in [3.8, 4) is 11.5 Å². The first-order valence-electron chi connectivity index (χ1n) is 8.91. The quantitative estimate of drug-likeness (QED) is 0.653. The number of hydrogen-bond donors (Lipinski definition) is 1. The van der Waals surface area contributed by atoms with E-state index in [1.165, 1.54) is 6.92 Å². The lowest BCUT2D eigenvalue weighted by Gasteiger charge is -2.21. The molecule has 0 aliphatic heterocycles. The van der Waals surface area contributed by atoms with Crippen LogP contribution in [-0.4, -0.2) is 43.5 Å². The Morgan fingerprint density at radius 3 is 2.30 bits per heavy atom. The van der Waals surface area contributed by atoms with Crippen LogP contribution in [0.3, 0.4) is 0 Å². The van der Waals surface area contributed by atoms with Crippen LogP contribution in [0.1, 0.15) is 18.9 Å². The largest absolute Gasteiger partial charge is 0.497 e. The molecule has 0 radical (unpaired) electrons. The molecule has 6 heteroatoms. The van der Waals surface area contributed by atoms with Crippen LogP contribution in [0.2, 0.25) is 0 Å². The minimum atomic E-state index is -0.104. The molecule has 0 aliphatic carbocycles. The van der Waals surface area contributed by atoms with E-state index in [0.717, 1.165) is 17.1 Å². The van der Waals surface area contributed by atoms with Gasteiger partial charge in [-0.3, -0.25) is 9.59 Å². The zero-order valence-electron chi connectivity index (χ0n) is 15.8. The molecule has 0 bridgehead atoms. The molecule has 2 aromatic carbocycles. The third-order valence-corrected chi connectivity index (χ3v) is 4.02. The van der Waals surface area contributed by atoms with E-state index >= 15 is 0 Å². The topological polar surface area (TPSA) is 67.9 Å². The molecule has 2 amide bonds. The van der Waals surface area contributed by atoms with E-state index in [0.29, 0.717) is 26.2 Å². The van der Waals surface area contributed by atoms with Crippen LogP contribution >= 0.6 is 0 Å². The summed E-state index contributed by atoms with van der Waals surface area (Å²) in [5, 5.41) is 2.81. The number of rotatable bonds is 10. The molecule has 0 heterocycles. The lowest BCUT2D eigenvalue weighted by Crippen LogP contribution is -2.34. The van der Waals surface area contributed by atoms with E-state index in [-0.39, 0.29) is 18.2 Å².